The van der Waals surface area contributed by atoms with Crippen LogP contribution in [0.25, 0.3) is 22.3 Å². The van der Waals surface area contributed by atoms with Crippen molar-refractivity contribution >= 4 is 38.8 Å². The normalized spacial score (nSPS) is 15.2. The SMILES string of the molecule is CC(C)S(=O)(=O)N1CC(CC#N)(n2cc(-c3ncnc4[nH]ccc34)c(N)n2)C1.O=C(O)C(=O)O. The number of nitriles is 1. The molecule has 1 aliphatic rings. The Bertz CT molecular complexity index is 1370. The number of carboxylic acid groups (broad SMARTS) is 2. The minimum atomic E-state index is -3.39. The number of aromatic nitrogens is 5. The molecule has 0 aliphatic carbocycles. The van der Waals surface area contributed by atoms with Crippen LogP contribution in [0.1, 0.15) is 20.3 Å². The zero-order chi connectivity index (χ0) is 25.3. The Morgan fingerprint density at radius 2 is 1.94 bits per heavy atom. The number of nitrogens with two attached hydrogens (primary N) is 1. The average Bonchev–Trinajstić information content (AvgIpc) is 3.37. The van der Waals surface area contributed by atoms with Gasteiger partial charge in [-0.05, 0) is 19.9 Å². The maximum Gasteiger partial charge on any atom is 0.414 e. The molecule has 4 heterocycles. The zero-order valence-corrected chi connectivity index (χ0v) is 19.0. The highest BCUT2D eigenvalue weighted by molar-refractivity contribution is 7.89. The molecule has 0 aromatic carbocycles. The predicted molar refractivity (Wildman–Crippen MR) is 119 cm³/mol. The standard InChI is InChI=1S/C17H20N8O2S.C2H2O4/c1-11(2)28(26,27)24-8-17(9-24,4-5-18)25-7-13(15(19)23-25)14-12-3-6-20-16(12)22-10-21-14;3-1(4)2(5)6/h3,6-7,10-11H,4,8-9H2,1-2H3,(H2,19,23)(H,20,21,22);(H,3,4)(H,5,6). The highest BCUT2D eigenvalue weighted by atomic mass is 32.2. The summed E-state index contributed by atoms with van der Waals surface area (Å²) in [6.07, 6.45) is 5.07. The Labute approximate surface area is 193 Å². The topological polar surface area (TPSA) is 221 Å². The number of hydrogen-bond donors (Lipinski definition) is 4. The number of rotatable bonds is 5. The first-order valence-electron chi connectivity index (χ1n) is 9.89. The summed E-state index contributed by atoms with van der Waals surface area (Å²) >= 11 is 0. The molecule has 0 spiro atoms. The molecule has 3 aromatic rings. The van der Waals surface area contributed by atoms with Crippen molar-refractivity contribution < 1.29 is 28.2 Å². The second kappa shape index (κ2) is 9.08. The van der Waals surface area contributed by atoms with Crippen LogP contribution in [-0.4, -0.2) is 77.9 Å². The maximum atomic E-state index is 12.4. The Morgan fingerprint density at radius 1 is 1.29 bits per heavy atom. The highest BCUT2D eigenvalue weighted by Crippen LogP contribution is 2.38. The number of nitrogens with one attached hydrogen (secondary N) is 1. The van der Waals surface area contributed by atoms with Crippen LogP contribution < -0.4 is 5.73 Å². The van der Waals surface area contributed by atoms with Gasteiger partial charge in [0.2, 0.25) is 10.0 Å². The Morgan fingerprint density at radius 3 is 2.50 bits per heavy atom. The van der Waals surface area contributed by atoms with Gasteiger partial charge in [-0.15, -0.1) is 0 Å². The zero-order valence-electron chi connectivity index (χ0n) is 18.2. The summed E-state index contributed by atoms with van der Waals surface area (Å²) in [5.74, 6) is -3.38. The molecule has 5 N–H and O–H groups in total. The molecular weight excluding hydrogens is 468 g/mol. The predicted octanol–water partition coefficient (Wildman–Crippen LogP) is 0.222. The lowest BCUT2D eigenvalue weighted by atomic mass is 9.89. The van der Waals surface area contributed by atoms with E-state index in [0.717, 1.165) is 5.39 Å². The number of carbonyl (C=O) groups is 2. The van der Waals surface area contributed by atoms with Gasteiger partial charge in [0.05, 0.1) is 29.0 Å². The summed E-state index contributed by atoms with van der Waals surface area (Å²) in [5, 5.41) is 28.8. The van der Waals surface area contributed by atoms with Crippen LogP contribution in [0.2, 0.25) is 0 Å². The molecule has 1 aliphatic heterocycles. The molecule has 0 radical (unpaired) electrons. The number of fused-ring (bicyclic) bond motifs is 1. The molecular formula is C19H22N8O6S. The van der Waals surface area contributed by atoms with Crippen molar-refractivity contribution in [1.82, 2.24) is 29.0 Å². The van der Waals surface area contributed by atoms with E-state index < -0.39 is 32.8 Å². The fourth-order valence-electron chi connectivity index (χ4n) is 3.47. The molecule has 14 nitrogen and oxygen atoms in total. The number of aromatic amines is 1. The van der Waals surface area contributed by atoms with Crippen molar-refractivity contribution in [2.24, 2.45) is 0 Å². The number of H-pyrrole nitrogens is 1. The monoisotopic (exact) mass is 490 g/mol. The van der Waals surface area contributed by atoms with E-state index in [0.29, 0.717) is 16.9 Å². The van der Waals surface area contributed by atoms with Gasteiger partial charge in [0.1, 0.15) is 17.5 Å². The lowest BCUT2D eigenvalue weighted by Crippen LogP contribution is -2.65. The number of sulfonamides is 1. The fraction of sp³-hybridized carbons (Fsp3) is 0.368. The second-order valence-corrected chi connectivity index (χ2v) is 10.4. The molecule has 3 aromatic heterocycles. The van der Waals surface area contributed by atoms with Crippen molar-refractivity contribution in [3.8, 4) is 17.3 Å². The summed E-state index contributed by atoms with van der Waals surface area (Å²) in [6.45, 7) is 3.65. The van der Waals surface area contributed by atoms with Crippen molar-refractivity contribution in [3.63, 3.8) is 0 Å². The minimum Gasteiger partial charge on any atom is -0.473 e. The Hall–Kier alpha value is -4.03. The highest BCUT2D eigenvalue weighted by Gasteiger charge is 2.51. The number of aliphatic carboxylic acids is 2. The van der Waals surface area contributed by atoms with Gasteiger partial charge in [0, 0.05) is 30.9 Å². The second-order valence-electron chi connectivity index (χ2n) is 7.87. The molecule has 180 valence electrons. The van der Waals surface area contributed by atoms with Crippen molar-refractivity contribution in [3.05, 3.63) is 24.8 Å². The smallest absolute Gasteiger partial charge is 0.414 e. The van der Waals surface area contributed by atoms with Crippen LogP contribution in [0.15, 0.2) is 24.8 Å². The van der Waals surface area contributed by atoms with Crippen molar-refractivity contribution in [2.45, 2.75) is 31.1 Å². The summed E-state index contributed by atoms with van der Waals surface area (Å²) < 4.78 is 27.8. The van der Waals surface area contributed by atoms with E-state index in [4.69, 9.17) is 25.5 Å². The third-order valence-electron chi connectivity index (χ3n) is 5.33. The van der Waals surface area contributed by atoms with Crippen LogP contribution in [0.4, 0.5) is 5.82 Å². The van der Waals surface area contributed by atoms with E-state index in [2.05, 4.69) is 26.1 Å². The first-order valence-corrected chi connectivity index (χ1v) is 11.4. The molecule has 34 heavy (non-hydrogen) atoms. The van der Waals surface area contributed by atoms with Gasteiger partial charge in [-0.3, -0.25) is 4.68 Å². The largest absolute Gasteiger partial charge is 0.473 e. The number of anilines is 1. The van der Waals surface area contributed by atoms with E-state index >= 15 is 0 Å². The lowest BCUT2D eigenvalue weighted by molar-refractivity contribution is -0.159. The fourth-order valence-corrected chi connectivity index (χ4v) is 4.91. The summed E-state index contributed by atoms with van der Waals surface area (Å²) in [5.41, 5.74) is 7.35. The van der Waals surface area contributed by atoms with Gasteiger partial charge in [-0.1, -0.05) is 0 Å². The van der Waals surface area contributed by atoms with Gasteiger partial charge in [-0.25, -0.2) is 28.0 Å². The first-order chi connectivity index (χ1) is 15.9. The molecule has 0 unspecified atom stereocenters. The summed E-state index contributed by atoms with van der Waals surface area (Å²) in [7, 11) is -3.39. The number of nitrogens with zero attached hydrogens (tertiary/aromatic N) is 6. The van der Waals surface area contributed by atoms with Crippen LogP contribution in [0.5, 0.6) is 0 Å². The third kappa shape index (κ3) is 4.40. The summed E-state index contributed by atoms with van der Waals surface area (Å²) in [4.78, 5) is 29.7. The molecule has 0 atom stereocenters. The minimum absolute atomic E-state index is 0.126. The number of carboxylic acids is 2. The summed E-state index contributed by atoms with van der Waals surface area (Å²) in [6, 6.07) is 4.00. The maximum absolute atomic E-state index is 12.4. The van der Waals surface area contributed by atoms with Gasteiger partial charge >= 0.3 is 11.9 Å². The van der Waals surface area contributed by atoms with Crippen LogP contribution >= 0.6 is 0 Å². The molecule has 0 amide bonds. The Balaban J connectivity index is 0.000000481. The third-order valence-corrected chi connectivity index (χ3v) is 7.50. The molecule has 15 heteroatoms. The molecule has 1 fully saturated rings. The lowest BCUT2D eigenvalue weighted by Gasteiger charge is -2.48. The first kappa shape index (κ1) is 24.6. The quantitative estimate of drug-likeness (QED) is 0.354. The van der Waals surface area contributed by atoms with Crippen LogP contribution in [0, 0.1) is 11.3 Å². The van der Waals surface area contributed by atoms with Crippen molar-refractivity contribution in [1.29, 1.82) is 5.26 Å². The van der Waals surface area contributed by atoms with E-state index in [1.54, 1.807) is 30.9 Å². The number of nitrogen functional groups attached to an aromatic ring is 1. The van der Waals surface area contributed by atoms with Crippen LogP contribution in [-0.2, 0) is 25.2 Å². The van der Waals surface area contributed by atoms with E-state index in [1.807, 2.05) is 6.07 Å². The molecule has 0 saturated carbocycles. The van der Waals surface area contributed by atoms with E-state index in [9.17, 15) is 13.7 Å². The molecule has 1 saturated heterocycles. The van der Waals surface area contributed by atoms with Gasteiger partial charge in [0.25, 0.3) is 0 Å². The molecule has 4 rings (SSSR count). The molecule has 0 bridgehead atoms. The number of hydrogen-bond acceptors (Lipinski definition) is 9. The average molecular weight is 491 g/mol. The van der Waals surface area contributed by atoms with Crippen LogP contribution in [0.3, 0.4) is 0 Å². The van der Waals surface area contributed by atoms with E-state index in [-0.39, 0.29) is 25.3 Å². The van der Waals surface area contributed by atoms with Gasteiger partial charge < -0.3 is 20.9 Å². The van der Waals surface area contributed by atoms with E-state index in [1.165, 1.54) is 10.6 Å². The van der Waals surface area contributed by atoms with Gasteiger partial charge in [0.15, 0.2) is 5.82 Å². The Kier molecular flexibility index (Phi) is 6.57. The van der Waals surface area contributed by atoms with Gasteiger partial charge in [-0.2, -0.15) is 14.7 Å². The van der Waals surface area contributed by atoms with Crippen molar-refractivity contribution in [2.75, 3.05) is 18.8 Å².